The van der Waals surface area contributed by atoms with Crippen LogP contribution in [-0.2, 0) is 0 Å². The van der Waals surface area contributed by atoms with Gasteiger partial charge in [0.1, 0.15) is 0 Å². The first-order valence-electron chi connectivity index (χ1n) is 7.87. The second-order valence-electron chi connectivity index (χ2n) is 6.31. The molecule has 2 N–H and O–H groups in total. The number of rotatable bonds is 5. The van der Waals surface area contributed by atoms with E-state index in [1.807, 2.05) is 0 Å². The molecular weight excluding hydrogens is 224 g/mol. The summed E-state index contributed by atoms with van der Waals surface area (Å²) in [6.45, 7) is 7.71. The molecule has 0 amide bonds. The van der Waals surface area contributed by atoms with E-state index in [1.165, 1.54) is 51.7 Å². The zero-order valence-corrected chi connectivity index (χ0v) is 12.0. The largest absolute Gasteiger partial charge is 0.389 e. The molecule has 0 aromatic rings. The summed E-state index contributed by atoms with van der Waals surface area (Å²) in [6.07, 6.45) is 8.37. The van der Waals surface area contributed by atoms with Crippen molar-refractivity contribution in [2.24, 2.45) is 5.92 Å². The van der Waals surface area contributed by atoms with Crippen LogP contribution in [0.2, 0.25) is 0 Å². The van der Waals surface area contributed by atoms with E-state index in [0.717, 1.165) is 31.8 Å². The molecule has 2 fully saturated rings. The maximum Gasteiger partial charge on any atom is 0.0774 e. The van der Waals surface area contributed by atoms with Crippen LogP contribution in [0.1, 0.15) is 51.9 Å². The van der Waals surface area contributed by atoms with Crippen molar-refractivity contribution in [1.82, 2.24) is 10.2 Å². The van der Waals surface area contributed by atoms with Gasteiger partial charge in [-0.3, -0.25) is 0 Å². The minimum atomic E-state index is -0.368. The van der Waals surface area contributed by atoms with E-state index in [0.29, 0.717) is 0 Å². The second-order valence-corrected chi connectivity index (χ2v) is 6.31. The molecule has 1 saturated heterocycles. The molecule has 1 saturated carbocycles. The third-order valence-corrected chi connectivity index (χ3v) is 4.69. The molecule has 0 spiro atoms. The number of likely N-dealkylation sites (tertiary alicyclic amines) is 1. The van der Waals surface area contributed by atoms with Gasteiger partial charge in [-0.2, -0.15) is 0 Å². The first-order valence-corrected chi connectivity index (χ1v) is 7.87. The zero-order chi connectivity index (χ0) is 12.8. The molecule has 2 aliphatic rings. The Balaban J connectivity index is 1.69. The summed E-state index contributed by atoms with van der Waals surface area (Å²) >= 11 is 0. The minimum Gasteiger partial charge on any atom is -0.389 e. The third kappa shape index (κ3) is 4.22. The van der Waals surface area contributed by atoms with Gasteiger partial charge in [-0.25, -0.2) is 0 Å². The molecule has 2 rings (SSSR count). The van der Waals surface area contributed by atoms with E-state index in [1.54, 1.807) is 0 Å². The fraction of sp³-hybridized carbons (Fsp3) is 1.00. The minimum absolute atomic E-state index is 0.368. The summed E-state index contributed by atoms with van der Waals surface area (Å²) in [7, 11) is 0. The number of β-amino-alcohol motifs (C(OH)–C–C–N with tert-alkyl or cyclic N) is 1. The quantitative estimate of drug-likeness (QED) is 0.788. The van der Waals surface area contributed by atoms with Crippen molar-refractivity contribution in [3.63, 3.8) is 0 Å². The Hall–Kier alpha value is -0.120. The lowest BCUT2D eigenvalue weighted by Crippen LogP contribution is -2.47. The highest BCUT2D eigenvalue weighted by Crippen LogP contribution is 2.30. The van der Waals surface area contributed by atoms with Crippen LogP contribution in [0.4, 0.5) is 0 Å². The molecule has 1 aliphatic carbocycles. The van der Waals surface area contributed by atoms with E-state index >= 15 is 0 Å². The molecule has 0 aromatic heterocycles. The number of hydrogen-bond donors (Lipinski definition) is 2. The smallest absolute Gasteiger partial charge is 0.0774 e. The Morgan fingerprint density at radius 1 is 1.17 bits per heavy atom. The Labute approximate surface area is 112 Å². The van der Waals surface area contributed by atoms with Gasteiger partial charge in [0.25, 0.3) is 0 Å². The van der Waals surface area contributed by atoms with E-state index in [9.17, 15) is 5.11 Å². The predicted octanol–water partition coefficient (Wildman–Crippen LogP) is 2.00. The molecule has 0 unspecified atom stereocenters. The number of nitrogens with zero attached hydrogens (tertiary/aromatic N) is 1. The van der Waals surface area contributed by atoms with Gasteiger partial charge in [0.05, 0.1) is 5.60 Å². The molecule has 3 heteroatoms. The Bertz CT molecular complexity index is 231. The van der Waals surface area contributed by atoms with Crippen molar-refractivity contribution in [3.8, 4) is 0 Å². The normalized spacial score (nSPS) is 26.3. The van der Waals surface area contributed by atoms with Gasteiger partial charge in [0.2, 0.25) is 0 Å². The average molecular weight is 254 g/mol. The summed E-state index contributed by atoms with van der Waals surface area (Å²) in [5.41, 5.74) is -0.368. The standard InChI is InChI=1S/C15H30N2O/c1-2-16-12-14-6-10-17(11-7-14)13-15(18)8-4-3-5-9-15/h14,16,18H,2-13H2,1H3. The highest BCUT2D eigenvalue weighted by atomic mass is 16.3. The van der Waals surface area contributed by atoms with E-state index in [4.69, 9.17) is 0 Å². The van der Waals surface area contributed by atoms with E-state index in [2.05, 4.69) is 17.1 Å². The number of hydrogen-bond acceptors (Lipinski definition) is 3. The number of piperidine rings is 1. The molecule has 18 heavy (non-hydrogen) atoms. The van der Waals surface area contributed by atoms with Crippen molar-refractivity contribution in [2.75, 3.05) is 32.7 Å². The van der Waals surface area contributed by atoms with Crippen molar-refractivity contribution in [1.29, 1.82) is 0 Å². The van der Waals surface area contributed by atoms with Crippen LogP contribution in [0.15, 0.2) is 0 Å². The first-order chi connectivity index (χ1) is 8.72. The van der Waals surface area contributed by atoms with Crippen LogP contribution < -0.4 is 5.32 Å². The summed E-state index contributed by atoms with van der Waals surface area (Å²) < 4.78 is 0. The topological polar surface area (TPSA) is 35.5 Å². The predicted molar refractivity (Wildman–Crippen MR) is 75.7 cm³/mol. The average Bonchev–Trinajstić information content (AvgIpc) is 2.38. The summed E-state index contributed by atoms with van der Waals surface area (Å²) in [4.78, 5) is 2.49. The maximum atomic E-state index is 10.6. The number of nitrogens with one attached hydrogen (secondary N) is 1. The van der Waals surface area contributed by atoms with Crippen LogP contribution in [0.3, 0.4) is 0 Å². The van der Waals surface area contributed by atoms with Crippen LogP contribution >= 0.6 is 0 Å². The van der Waals surface area contributed by atoms with Gasteiger partial charge in [-0.05, 0) is 57.8 Å². The Kier molecular flexibility index (Phi) is 5.46. The molecule has 106 valence electrons. The van der Waals surface area contributed by atoms with Gasteiger partial charge in [0.15, 0.2) is 0 Å². The van der Waals surface area contributed by atoms with Crippen molar-refractivity contribution in [3.05, 3.63) is 0 Å². The molecule has 1 aliphatic heterocycles. The Morgan fingerprint density at radius 2 is 1.83 bits per heavy atom. The molecule has 1 heterocycles. The van der Waals surface area contributed by atoms with E-state index in [-0.39, 0.29) is 5.60 Å². The van der Waals surface area contributed by atoms with Crippen LogP contribution in [-0.4, -0.2) is 48.3 Å². The highest BCUT2D eigenvalue weighted by molar-refractivity contribution is 4.87. The van der Waals surface area contributed by atoms with Crippen LogP contribution in [0, 0.1) is 5.92 Å². The summed E-state index contributed by atoms with van der Waals surface area (Å²) in [5, 5.41) is 14.0. The van der Waals surface area contributed by atoms with Crippen LogP contribution in [0.25, 0.3) is 0 Å². The van der Waals surface area contributed by atoms with Gasteiger partial charge in [-0.1, -0.05) is 26.2 Å². The lowest BCUT2D eigenvalue weighted by molar-refractivity contribution is -0.0325. The van der Waals surface area contributed by atoms with Crippen LogP contribution in [0.5, 0.6) is 0 Å². The highest BCUT2D eigenvalue weighted by Gasteiger charge is 2.32. The van der Waals surface area contributed by atoms with Gasteiger partial charge in [-0.15, -0.1) is 0 Å². The molecule has 0 bridgehead atoms. The monoisotopic (exact) mass is 254 g/mol. The van der Waals surface area contributed by atoms with Crippen molar-refractivity contribution >= 4 is 0 Å². The summed E-state index contributed by atoms with van der Waals surface area (Å²) in [5.74, 6) is 0.849. The first kappa shape index (κ1) is 14.3. The zero-order valence-electron chi connectivity index (χ0n) is 12.0. The molecule has 0 aromatic carbocycles. The van der Waals surface area contributed by atoms with Crippen molar-refractivity contribution in [2.45, 2.75) is 57.5 Å². The molecule has 3 nitrogen and oxygen atoms in total. The fourth-order valence-electron chi connectivity index (χ4n) is 3.48. The fourth-order valence-corrected chi connectivity index (χ4v) is 3.48. The maximum absolute atomic E-state index is 10.6. The van der Waals surface area contributed by atoms with Crippen molar-refractivity contribution < 1.29 is 5.11 Å². The number of aliphatic hydroxyl groups is 1. The lowest BCUT2D eigenvalue weighted by Gasteiger charge is -2.40. The third-order valence-electron chi connectivity index (χ3n) is 4.69. The summed E-state index contributed by atoms with van der Waals surface area (Å²) in [6, 6.07) is 0. The Morgan fingerprint density at radius 3 is 2.44 bits per heavy atom. The molecular formula is C15H30N2O. The molecule has 0 radical (unpaired) electrons. The van der Waals surface area contributed by atoms with Gasteiger partial charge >= 0.3 is 0 Å². The SMILES string of the molecule is CCNCC1CCN(CC2(O)CCCCC2)CC1. The lowest BCUT2D eigenvalue weighted by atomic mass is 9.84. The van der Waals surface area contributed by atoms with E-state index < -0.39 is 0 Å². The molecule has 0 atom stereocenters. The van der Waals surface area contributed by atoms with Gasteiger partial charge in [0, 0.05) is 6.54 Å². The second kappa shape index (κ2) is 6.88. The van der Waals surface area contributed by atoms with Gasteiger partial charge < -0.3 is 15.3 Å².